The summed E-state index contributed by atoms with van der Waals surface area (Å²) in [7, 11) is 3.71. The summed E-state index contributed by atoms with van der Waals surface area (Å²) in [6.07, 6.45) is 1.19. The molecule has 3 heteroatoms. The second-order valence-electron chi connectivity index (χ2n) is 3.73. The zero-order valence-electron chi connectivity index (χ0n) is 10.5. The van der Waals surface area contributed by atoms with Crippen molar-refractivity contribution in [1.29, 1.82) is 0 Å². The Bertz CT molecular complexity index is 328. The third-order valence-electron chi connectivity index (χ3n) is 2.57. The van der Waals surface area contributed by atoms with E-state index in [2.05, 4.69) is 31.3 Å². The van der Waals surface area contributed by atoms with E-state index >= 15 is 0 Å². The van der Waals surface area contributed by atoms with Gasteiger partial charge in [0.2, 0.25) is 0 Å². The third kappa shape index (κ3) is 3.16. The van der Waals surface area contributed by atoms with E-state index in [4.69, 9.17) is 4.74 Å². The molecule has 2 nitrogen and oxygen atoms in total. The van der Waals surface area contributed by atoms with Crippen molar-refractivity contribution in [2.75, 3.05) is 19.9 Å². The van der Waals surface area contributed by atoms with Gasteiger partial charge in [-0.1, -0.05) is 13.0 Å². The first-order valence-electron chi connectivity index (χ1n) is 5.71. The summed E-state index contributed by atoms with van der Waals surface area (Å²) in [5, 5.41) is 3.28. The van der Waals surface area contributed by atoms with Crippen LogP contribution < -0.4 is 10.1 Å². The molecule has 0 aromatic heterocycles. The first-order valence-corrected chi connectivity index (χ1v) is 6.70. The molecule has 0 heterocycles. The van der Waals surface area contributed by atoms with Gasteiger partial charge in [0, 0.05) is 16.5 Å². The number of thioether (sulfide) groups is 1. The summed E-state index contributed by atoms with van der Waals surface area (Å²) in [5.41, 5.74) is 1.27. The first-order chi connectivity index (χ1) is 7.74. The van der Waals surface area contributed by atoms with Crippen molar-refractivity contribution in [2.24, 2.45) is 0 Å². The Kier molecular flexibility index (Phi) is 5.71. The van der Waals surface area contributed by atoms with Crippen molar-refractivity contribution in [1.82, 2.24) is 5.32 Å². The van der Waals surface area contributed by atoms with Gasteiger partial charge >= 0.3 is 0 Å². The van der Waals surface area contributed by atoms with Gasteiger partial charge in [-0.15, -0.1) is 11.8 Å². The topological polar surface area (TPSA) is 21.3 Å². The van der Waals surface area contributed by atoms with Crippen molar-refractivity contribution >= 4 is 11.8 Å². The van der Waals surface area contributed by atoms with Crippen LogP contribution in [0.4, 0.5) is 0 Å². The Labute approximate surface area is 103 Å². The van der Waals surface area contributed by atoms with Crippen LogP contribution in [0.15, 0.2) is 23.1 Å². The van der Waals surface area contributed by atoms with Crippen molar-refractivity contribution < 1.29 is 4.74 Å². The largest absolute Gasteiger partial charge is 0.496 e. The standard InChI is InChI=1S/C13H21NOS/c1-5-9-16-12-8-6-7-11(15-4)13(12)10(2)14-3/h6-8,10,14H,5,9H2,1-4H3. The molecule has 0 aliphatic carbocycles. The quantitative estimate of drug-likeness (QED) is 0.768. The number of methoxy groups -OCH3 is 1. The maximum absolute atomic E-state index is 5.44. The van der Waals surface area contributed by atoms with Crippen LogP contribution in [0, 0.1) is 0 Å². The van der Waals surface area contributed by atoms with E-state index in [0.29, 0.717) is 6.04 Å². The highest BCUT2D eigenvalue weighted by atomic mass is 32.2. The molecule has 0 amide bonds. The molecule has 1 N–H and O–H groups in total. The molecule has 0 bridgehead atoms. The normalized spacial score (nSPS) is 12.5. The molecule has 1 unspecified atom stereocenters. The minimum Gasteiger partial charge on any atom is -0.496 e. The second kappa shape index (κ2) is 6.81. The van der Waals surface area contributed by atoms with Gasteiger partial charge in [0.1, 0.15) is 5.75 Å². The van der Waals surface area contributed by atoms with Gasteiger partial charge in [0.15, 0.2) is 0 Å². The van der Waals surface area contributed by atoms with Gasteiger partial charge in [0.05, 0.1) is 7.11 Å². The highest BCUT2D eigenvalue weighted by Crippen LogP contribution is 2.34. The lowest BCUT2D eigenvalue weighted by Gasteiger charge is -2.18. The Balaban J connectivity index is 3.04. The molecule has 1 aromatic rings. The van der Waals surface area contributed by atoms with Gasteiger partial charge in [-0.2, -0.15) is 0 Å². The van der Waals surface area contributed by atoms with Gasteiger partial charge < -0.3 is 10.1 Å². The molecule has 1 atom stereocenters. The molecule has 0 radical (unpaired) electrons. The maximum atomic E-state index is 5.44. The first kappa shape index (κ1) is 13.4. The average molecular weight is 239 g/mol. The second-order valence-corrected chi connectivity index (χ2v) is 4.87. The van der Waals surface area contributed by atoms with E-state index in [1.54, 1.807) is 7.11 Å². The summed E-state index contributed by atoms with van der Waals surface area (Å²) in [6, 6.07) is 6.57. The van der Waals surface area contributed by atoms with E-state index in [9.17, 15) is 0 Å². The van der Waals surface area contributed by atoms with Crippen LogP contribution in [0.2, 0.25) is 0 Å². The summed E-state index contributed by atoms with van der Waals surface area (Å²) in [5.74, 6) is 2.12. The van der Waals surface area contributed by atoms with Gasteiger partial charge in [-0.05, 0) is 38.3 Å². The Morgan fingerprint density at radius 1 is 1.44 bits per heavy atom. The number of hydrogen-bond acceptors (Lipinski definition) is 3. The molecule has 0 fully saturated rings. The maximum Gasteiger partial charge on any atom is 0.124 e. The van der Waals surface area contributed by atoms with E-state index in [0.717, 1.165) is 11.5 Å². The molecule has 1 rings (SSSR count). The molecule has 0 saturated heterocycles. The lowest BCUT2D eigenvalue weighted by atomic mass is 10.1. The Hall–Kier alpha value is -0.670. The highest BCUT2D eigenvalue weighted by Gasteiger charge is 2.14. The van der Waals surface area contributed by atoms with Gasteiger partial charge in [-0.3, -0.25) is 0 Å². The van der Waals surface area contributed by atoms with Crippen LogP contribution in [-0.2, 0) is 0 Å². The predicted octanol–water partition coefficient (Wildman–Crippen LogP) is 3.48. The van der Waals surface area contributed by atoms with Crippen LogP contribution in [0.3, 0.4) is 0 Å². The van der Waals surface area contributed by atoms with Crippen molar-refractivity contribution in [3.05, 3.63) is 23.8 Å². The minimum atomic E-state index is 0.315. The number of nitrogens with one attached hydrogen (secondary N) is 1. The molecule has 0 aliphatic heterocycles. The lowest BCUT2D eigenvalue weighted by Crippen LogP contribution is -2.14. The highest BCUT2D eigenvalue weighted by molar-refractivity contribution is 7.99. The number of rotatable bonds is 6. The number of benzene rings is 1. The number of ether oxygens (including phenoxy) is 1. The SMILES string of the molecule is CCCSc1cccc(OC)c1C(C)NC. The Morgan fingerprint density at radius 2 is 2.19 bits per heavy atom. The fourth-order valence-electron chi connectivity index (χ4n) is 1.61. The fraction of sp³-hybridized carbons (Fsp3) is 0.538. The molecule has 1 aromatic carbocycles. The van der Waals surface area contributed by atoms with Crippen LogP contribution in [0.5, 0.6) is 5.75 Å². The third-order valence-corrected chi connectivity index (χ3v) is 3.85. The van der Waals surface area contributed by atoms with Crippen LogP contribution in [0.1, 0.15) is 31.9 Å². The van der Waals surface area contributed by atoms with E-state index in [1.165, 1.54) is 16.9 Å². The summed E-state index contributed by atoms with van der Waals surface area (Å²) < 4.78 is 5.44. The summed E-state index contributed by atoms with van der Waals surface area (Å²) in [6.45, 7) is 4.36. The van der Waals surface area contributed by atoms with E-state index in [1.807, 2.05) is 24.9 Å². The number of hydrogen-bond donors (Lipinski definition) is 1. The summed E-state index contributed by atoms with van der Waals surface area (Å²) in [4.78, 5) is 1.32. The zero-order valence-corrected chi connectivity index (χ0v) is 11.4. The smallest absolute Gasteiger partial charge is 0.124 e. The van der Waals surface area contributed by atoms with Crippen LogP contribution in [0.25, 0.3) is 0 Å². The summed E-state index contributed by atoms with van der Waals surface area (Å²) >= 11 is 1.90. The van der Waals surface area contributed by atoms with Crippen LogP contribution in [-0.4, -0.2) is 19.9 Å². The zero-order chi connectivity index (χ0) is 12.0. The lowest BCUT2D eigenvalue weighted by molar-refractivity contribution is 0.401. The van der Waals surface area contributed by atoms with Gasteiger partial charge in [0.25, 0.3) is 0 Å². The van der Waals surface area contributed by atoms with E-state index in [-0.39, 0.29) is 0 Å². The molecule has 0 aliphatic rings. The minimum absolute atomic E-state index is 0.315. The van der Waals surface area contributed by atoms with Crippen LogP contribution >= 0.6 is 11.8 Å². The molecular weight excluding hydrogens is 218 g/mol. The molecule has 0 spiro atoms. The fourth-order valence-corrected chi connectivity index (χ4v) is 2.64. The molecule has 90 valence electrons. The Morgan fingerprint density at radius 3 is 2.75 bits per heavy atom. The monoisotopic (exact) mass is 239 g/mol. The predicted molar refractivity (Wildman–Crippen MR) is 71.5 cm³/mol. The molecular formula is C13H21NOS. The van der Waals surface area contributed by atoms with Gasteiger partial charge in [-0.25, -0.2) is 0 Å². The van der Waals surface area contributed by atoms with Crippen molar-refractivity contribution in [3.63, 3.8) is 0 Å². The van der Waals surface area contributed by atoms with Crippen molar-refractivity contribution in [2.45, 2.75) is 31.2 Å². The average Bonchev–Trinajstić information content (AvgIpc) is 2.34. The molecule has 0 saturated carbocycles. The molecule has 16 heavy (non-hydrogen) atoms. The van der Waals surface area contributed by atoms with Crippen molar-refractivity contribution in [3.8, 4) is 5.75 Å². The van der Waals surface area contributed by atoms with E-state index < -0.39 is 0 Å².